The molecule has 2 aromatic rings. The van der Waals surface area contributed by atoms with Gasteiger partial charge in [0.05, 0.1) is 13.0 Å². The molecule has 1 saturated heterocycles. The minimum Gasteiger partial charge on any atom is -0.494 e. The lowest BCUT2D eigenvalue weighted by atomic mass is 9.97. The number of ether oxygens (including phenoxy) is 1. The molecule has 1 aliphatic heterocycles. The van der Waals surface area contributed by atoms with Crippen LogP contribution in [0.1, 0.15) is 25.3 Å². The summed E-state index contributed by atoms with van der Waals surface area (Å²) < 4.78 is 5.42. The summed E-state index contributed by atoms with van der Waals surface area (Å²) >= 11 is 0. The first-order chi connectivity index (χ1) is 12.7. The van der Waals surface area contributed by atoms with Crippen LogP contribution in [0.25, 0.3) is 0 Å². The summed E-state index contributed by atoms with van der Waals surface area (Å²) in [7, 11) is 0. The average Bonchev–Trinajstić information content (AvgIpc) is 2.69. The number of anilines is 1. The van der Waals surface area contributed by atoms with Crippen LogP contribution in [0.15, 0.2) is 42.7 Å². The van der Waals surface area contributed by atoms with Gasteiger partial charge in [0.1, 0.15) is 5.75 Å². The first-order valence-corrected chi connectivity index (χ1v) is 9.25. The average molecular weight is 354 g/mol. The Morgan fingerprint density at radius 3 is 2.54 bits per heavy atom. The molecule has 0 unspecified atom stereocenters. The van der Waals surface area contributed by atoms with Crippen LogP contribution >= 0.6 is 0 Å². The van der Waals surface area contributed by atoms with Gasteiger partial charge < -0.3 is 15.0 Å². The number of nitrogens with one attached hydrogen (secondary N) is 1. The number of aromatic nitrogens is 2. The fourth-order valence-corrected chi connectivity index (χ4v) is 3.17. The van der Waals surface area contributed by atoms with Crippen LogP contribution in [0, 0.1) is 5.92 Å². The molecule has 3 rings (SSSR count). The van der Waals surface area contributed by atoms with Crippen molar-refractivity contribution < 1.29 is 9.53 Å². The van der Waals surface area contributed by atoms with Crippen LogP contribution in [-0.2, 0) is 11.2 Å². The van der Waals surface area contributed by atoms with Crippen molar-refractivity contribution >= 4 is 11.9 Å². The predicted molar refractivity (Wildman–Crippen MR) is 101 cm³/mol. The van der Waals surface area contributed by atoms with Crippen molar-refractivity contribution in [3.8, 4) is 5.75 Å². The highest BCUT2D eigenvalue weighted by atomic mass is 16.5. The molecule has 6 nitrogen and oxygen atoms in total. The smallest absolute Gasteiger partial charge is 0.225 e. The fraction of sp³-hybridized carbons (Fsp3) is 0.450. The number of benzene rings is 1. The lowest BCUT2D eigenvalue weighted by Crippen LogP contribution is -2.39. The molecule has 0 spiro atoms. The van der Waals surface area contributed by atoms with E-state index in [4.69, 9.17) is 4.74 Å². The van der Waals surface area contributed by atoms with Gasteiger partial charge in [-0.2, -0.15) is 0 Å². The Bertz CT molecular complexity index is 683. The summed E-state index contributed by atoms with van der Waals surface area (Å²) in [6, 6.07) is 9.54. The standard InChI is InChI=1S/C20H26N4O2/c1-2-26-18-6-4-16(5-7-18)14-19(25)23-15-17-8-12-24(13-9-17)20-21-10-3-11-22-20/h3-7,10-11,17H,2,8-9,12-15H2,1H3,(H,23,25). The molecular formula is C20H26N4O2. The molecular weight excluding hydrogens is 328 g/mol. The zero-order chi connectivity index (χ0) is 18.2. The number of amides is 1. The van der Waals surface area contributed by atoms with Gasteiger partial charge in [0, 0.05) is 32.0 Å². The Hall–Kier alpha value is -2.63. The first kappa shape index (κ1) is 18.2. The molecule has 0 bridgehead atoms. The topological polar surface area (TPSA) is 67.3 Å². The number of carbonyl (C=O) groups is 1. The van der Waals surface area contributed by atoms with E-state index in [2.05, 4.69) is 20.2 Å². The maximum Gasteiger partial charge on any atom is 0.225 e. The largest absolute Gasteiger partial charge is 0.494 e. The van der Waals surface area contributed by atoms with E-state index < -0.39 is 0 Å². The Balaban J connectivity index is 1.38. The molecule has 1 aromatic carbocycles. The van der Waals surface area contributed by atoms with E-state index in [9.17, 15) is 4.79 Å². The number of hydrogen-bond donors (Lipinski definition) is 1. The van der Waals surface area contributed by atoms with E-state index in [1.54, 1.807) is 12.4 Å². The van der Waals surface area contributed by atoms with Gasteiger partial charge in [0.15, 0.2) is 0 Å². The van der Waals surface area contributed by atoms with E-state index in [0.29, 0.717) is 18.9 Å². The fourth-order valence-electron chi connectivity index (χ4n) is 3.17. The SMILES string of the molecule is CCOc1ccc(CC(=O)NCC2CCN(c3ncccn3)CC2)cc1. The second kappa shape index (κ2) is 9.17. The van der Waals surface area contributed by atoms with Crippen LogP contribution in [0.5, 0.6) is 5.75 Å². The molecule has 0 aliphatic carbocycles. The first-order valence-electron chi connectivity index (χ1n) is 9.25. The Morgan fingerprint density at radius 2 is 1.88 bits per heavy atom. The van der Waals surface area contributed by atoms with Gasteiger partial charge in [0.25, 0.3) is 0 Å². The molecule has 138 valence electrons. The van der Waals surface area contributed by atoms with Crippen LogP contribution in [-0.4, -0.2) is 42.1 Å². The van der Waals surface area contributed by atoms with E-state index in [0.717, 1.165) is 49.7 Å². The highest BCUT2D eigenvalue weighted by molar-refractivity contribution is 5.78. The number of nitrogens with zero attached hydrogens (tertiary/aromatic N) is 3. The third-order valence-corrected chi connectivity index (χ3v) is 4.64. The Labute approximate surface area is 154 Å². The maximum atomic E-state index is 12.2. The third kappa shape index (κ3) is 5.18. The second-order valence-corrected chi connectivity index (χ2v) is 6.54. The van der Waals surface area contributed by atoms with Crippen molar-refractivity contribution in [3.63, 3.8) is 0 Å². The second-order valence-electron chi connectivity index (χ2n) is 6.54. The molecule has 1 amide bonds. The predicted octanol–water partition coefficient (Wildman–Crippen LogP) is 2.45. The maximum absolute atomic E-state index is 12.2. The number of hydrogen-bond acceptors (Lipinski definition) is 5. The van der Waals surface area contributed by atoms with Crippen LogP contribution in [0.2, 0.25) is 0 Å². The summed E-state index contributed by atoms with van der Waals surface area (Å²) in [4.78, 5) is 23.0. The van der Waals surface area contributed by atoms with E-state index in [-0.39, 0.29) is 5.91 Å². The molecule has 2 heterocycles. The lowest BCUT2D eigenvalue weighted by molar-refractivity contribution is -0.120. The lowest BCUT2D eigenvalue weighted by Gasteiger charge is -2.31. The minimum atomic E-state index is 0.0722. The molecule has 1 aromatic heterocycles. The van der Waals surface area contributed by atoms with Gasteiger partial charge >= 0.3 is 0 Å². The monoisotopic (exact) mass is 354 g/mol. The number of carbonyl (C=O) groups excluding carboxylic acids is 1. The molecule has 0 atom stereocenters. The number of piperidine rings is 1. The van der Waals surface area contributed by atoms with Crippen LogP contribution in [0.4, 0.5) is 5.95 Å². The zero-order valence-electron chi connectivity index (χ0n) is 15.2. The van der Waals surface area contributed by atoms with Crippen molar-refractivity contribution in [2.45, 2.75) is 26.2 Å². The molecule has 1 aliphatic rings. The molecule has 1 N–H and O–H groups in total. The highest BCUT2D eigenvalue weighted by Crippen LogP contribution is 2.19. The van der Waals surface area contributed by atoms with Gasteiger partial charge in [-0.25, -0.2) is 9.97 Å². The normalized spacial score (nSPS) is 14.9. The van der Waals surface area contributed by atoms with Gasteiger partial charge in [-0.05, 0) is 49.4 Å². The molecule has 1 fully saturated rings. The third-order valence-electron chi connectivity index (χ3n) is 4.64. The summed E-state index contributed by atoms with van der Waals surface area (Å²) in [5.41, 5.74) is 1.00. The van der Waals surface area contributed by atoms with Crippen molar-refractivity contribution in [2.24, 2.45) is 5.92 Å². The van der Waals surface area contributed by atoms with Gasteiger partial charge in [0.2, 0.25) is 11.9 Å². The molecule has 0 saturated carbocycles. The number of rotatable bonds is 7. The summed E-state index contributed by atoms with van der Waals surface area (Å²) in [5, 5.41) is 3.08. The van der Waals surface area contributed by atoms with Crippen molar-refractivity contribution in [1.29, 1.82) is 0 Å². The van der Waals surface area contributed by atoms with Crippen molar-refractivity contribution in [1.82, 2.24) is 15.3 Å². The van der Waals surface area contributed by atoms with Gasteiger partial charge in [-0.1, -0.05) is 12.1 Å². The van der Waals surface area contributed by atoms with Gasteiger partial charge in [-0.3, -0.25) is 4.79 Å². The van der Waals surface area contributed by atoms with E-state index in [1.807, 2.05) is 37.3 Å². The van der Waals surface area contributed by atoms with E-state index >= 15 is 0 Å². The van der Waals surface area contributed by atoms with Crippen LogP contribution in [0.3, 0.4) is 0 Å². The highest BCUT2D eigenvalue weighted by Gasteiger charge is 2.21. The summed E-state index contributed by atoms with van der Waals surface area (Å²) in [5.74, 6) is 2.22. The summed E-state index contributed by atoms with van der Waals surface area (Å²) in [6.07, 6.45) is 6.04. The van der Waals surface area contributed by atoms with Gasteiger partial charge in [-0.15, -0.1) is 0 Å². The van der Waals surface area contributed by atoms with Crippen molar-refractivity contribution in [3.05, 3.63) is 48.3 Å². The van der Waals surface area contributed by atoms with Crippen LogP contribution < -0.4 is 15.0 Å². The zero-order valence-corrected chi connectivity index (χ0v) is 15.2. The van der Waals surface area contributed by atoms with Crippen molar-refractivity contribution in [2.75, 3.05) is 31.1 Å². The molecule has 6 heteroatoms. The Kier molecular flexibility index (Phi) is 6.41. The van der Waals surface area contributed by atoms with E-state index in [1.165, 1.54) is 0 Å². The molecule has 26 heavy (non-hydrogen) atoms. The Morgan fingerprint density at radius 1 is 1.19 bits per heavy atom. The summed E-state index contributed by atoms with van der Waals surface area (Å²) in [6.45, 7) is 5.21. The molecule has 0 radical (unpaired) electrons. The minimum absolute atomic E-state index is 0.0722. The quantitative estimate of drug-likeness (QED) is 0.827.